The third-order valence-corrected chi connectivity index (χ3v) is 7.60. The van der Waals surface area contributed by atoms with Crippen molar-refractivity contribution < 1.29 is 29.6 Å². The van der Waals surface area contributed by atoms with Gasteiger partial charge in [0.1, 0.15) is 35.9 Å². The fourth-order valence-electron chi connectivity index (χ4n) is 4.76. The van der Waals surface area contributed by atoms with Gasteiger partial charge >= 0.3 is 0 Å². The van der Waals surface area contributed by atoms with Crippen LogP contribution >= 0.6 is 11.8 Å². The van der Waals surface area contributed by atoms with Crippen molar-refractivity contribution in [1.82, 2.24) is 10.6 Å². The molecule has 4 heterocycles. The molecule has 0 aromatic carbocycles. The van der Waals surface area contributed by atoms with Crippen molar-refractivity contribution in [1.29, 1.82) is 0 Å². The second-order valence-corrected chi connectivity index (χ2v) is 9.61. The number of aliphatic hydroxyl groups is 3. The molecular weight excluding hydrogens is 396 g/mol. The molecule has 8 nitrogen and oxygen atoms in total. The Morgan fingerprint density at radius 3 is 2.83 bits per heavy atom. The highest BCUT2D eigenvalue weighted by Gasteiger charge is 2.48. The summed E-state index contributed by atoms with van der Waals surface area (Å²) < 4.78 is 11.9. The van der Waals surface area contributed by atoms with Crippen LogP contribution in [0.25, 0.3) is 0 Å². The van der Waals surface area contributed by atoms with Gasteiger partial charge in [-0.2, -0.15) is 0 Å². The van der Waals surface area contributed by atoms with Gasteiger partial charge in [0.05, 0.1) is 12.1 Å². The smallest absolute Gasteiger partial charge is 0.240 e. The molecule has 4 aliphatic rings. The number of rotatable bonds is 2. The van der Waals surface area contributed by atoms with E-state index < -0.39 is 41.9 Å². The minimum Gasteiger partial charge on any atom is -0.388 e. The van der Waals surface area contributed by atoms with E-state index in [0.29, 0.717) is 18.9 Å². The zero-order valence-electron chi connectivity index (χ0n) is 16.5. The molecule has 0 aliphatic carbocycles. The highest BCUT2D eigenvalue weighted by atomic mass is 32.2. The van der Waals surface area contributed by atoms with Crippen molar-refractivity contribution >= 4 is 17.7 Å². The number of ether oxygens (including phenoxy) is 2. The minimum absolute atomic E-state index is 0.138. The number of aliphatic hydroxyl groups excluding tert-OH is 3. The summed E-state index contributed by atoms with van der Waals surface area (Å²) >= 11 is 1.41. The predicted molar refractivity (Wildman–Crippen MR) is 108 cm³/mol. The van der Waals surface area contributed by atoms with E-state index >= 15 is 0 Å². The monoisotopic (exact) mass is 428 g/mol. The van der Waals surface area contributed by atoms with Crippen molar-refractivity contribution in [2.24, 2.45) is 5.92 Å². The maximum Gasteiger partial charge on any atom is 0.240 e. The van der Waals surface area contributed by atoms with Crippen LogP contribution in [0.2, 0.25) is 0 Å². The van der Waals surface area contributed by atoms with Crippen molar-refractivity contribution in [3.8, 4) is 0 Å². The average Bonchev–Trinajstić information content (AvgIpc) is 2.98. The first-order valence-electron chi connectivity index (χ1n) is 10.7. The van der Waals surface area contributed by atoms with Crippen LogP contribution in [0.5, 0.6) is 0 Å². The maximum atomic E-state index is 13.1. The van der Waals surface area contributed by atoms with Gasteiger partial charge in [-0.1, -0.05) is 18.6 Å². The Hall–Kier alpha value is -0.680. The summed E-state index contributed by atoms with van der Waals surface area (Å²) in [5.41, 5.74) is -0.636. The molecule has 2 bridgehead atoms. The molecule has 9 atom stereocenters. The first-order valence-corrected chi connectivity index (χ1v) is 11.7. The Balaban J connectivity index is 1.49. The van der Waals surface area contributed by atoms with E-state index in [1.807, 2.05) is 12.2 Å². The molecule has 29 heavy (non-hydrogen) atoms. The van der Waals surface area contributed by atoms with Crippen molar-refractivity contribution in [2.75, 3.05) is 18.9 Å². The van der Waals surface area contributed by atoms with Gasteiger partial charge < -0.3 is 35.4 Å². The molecule has 164 valence electrons. The Morgan fingerprint density at radius 1 is 1.10 bits per heavy atom. The van der Waals surface area contributed by atoms with E-state index in [-0.39, 0.29) is 12.0 Å². The zero-order chi connectivity index (χ0) is 20.4. The first kappa shape index (κ1) is 21.5. The summed E-state index contributed by atoms with van der Waals surface area (Å²) in [7, 11) is 0. The molecule has 0 aromatic heterocycles. The molecule has 0 spiro atoms. The number of hydrogen-bond donors (Lipinski definition) is 5. The van der Waals surface area contributed by atoms with Crippen molar-refractivity contribution in [3.05, 3.63) is 12.2 Å². The second-order valence-electron chi connectivity index (χ2n) is 8.40. The van der Waals surface area contributed by atoms with E-state index in [1.165, 1.54) is 11.8 Å². The highest BCUT2D eigenvalue weighted by molar-refractivity contribution is 7.99. The first-order chi connectivity index (χ1) is 14.1. The van der Waals surface area contributed by atoms with Crippen molar-refractivity contribution in [3.63, 3.8) is 0 Å². The van der Waals surface area contributed by atoms with Gasteiger partial charge in [0, 0.05) is 13.2 Å². The molecule has 1 amide bonds. The van der Waals surface area contributed by atoms with Crippen LogP contribution in [-0.4, -0.2) is 88.2 Å². The van der Waals surface area contributed by atoms with Crippen LogP contribution in [0.3, 0.4) is 0 Å². The maximum absolute atomic E-state index is 13.1. The molecule has 4 aliphatic heterocycles. The Bertz CT molecular complexity index is 608. The lowest BCUT2D eigenvalue weighted by molar-refractivity contribution is -0.205. The number of nitrogens with one attached hydrogen (secondary N) is 2. The third kappa shape index (κ3) is 4.66. The Kier molecular flexibility index (Phi) is 7.16. The quantitative estimate of drug-likeness (QED) is 0.374. The number of thioether (sulfide) groups is 1. The summed E-state index contributed by atoms with van der Waals surface area (Å²) in [6.07, 6.45) is 3.81. The SMILES string of the molecule is O=C(NC1C/C=C/CCSC2OC1C(O)C(O)C2O)C1NCC2CCCCOC21. The van der Waals surface area contributed by atoms with E-state index in [4.69, 9.17) is 9.47 Å². The standard InChI is InChI=1S/C20H32N2O6S/c23-14-15(24)18-12(7-2-1-5-9-29-20(28-18)16(14)25)22-19(26)13-17-11(10-21-13)6-3-4-8-27-17/h1-2,11-18,20-21,23-25H,3-10H2,(H,22,26)/b2-1+. The summed E-state index contributed by atoms with van der Waals surface area (Å²) in [5.74, 6) is 0.916. The average molecular weight is 429 g/mol. The van der Waals surface area contributed by atoms with Crippen molar-refractivity contribution in [2.45, 2.75) is 80.1 Å². The minimum atomic E-state index is -1.31. The van der Waals surface area contributed by atoms with Crippen LogP contribution in [0.4, 0.5) is 0 Å². The molecule has 5 N–H and O–H groups in total. The molecule has 0 radical (unpaired) electrons. The molecular formula is C20H32N2O6S. The van der Waals surface area contributed by atoms with Gasteiger partial charge in [-0.3, -0.25) is 4.79 Å². The molecule has 9 heteroatoms. The number of allylic oxidation sites excluding steroid dienone is 1. The summed E-state index contributed by atoms with van der Waals surface area (Å²) in [6, 6.07) is -0.942. The van der Waals surface area contributed by atoms with Gasteiger partial charge in [0.15, 0.2) is 0 Å². The van der Waals surface area contributed by atoms with Crippen LogP contribution < -0.4 is 10.6 Å². The Morgan fingerprint density at radius 2 is 1.97 bits per heavy atom. The number of amides is 1. The summed E-state index contributed by atoms with van der Waals surface area (Å²) in [6.45, 7) is 1.44. The second kappa shape index (κ2) is 9.64. The molecule has 0 aromatic rings. The fourth-order valence-corrected chi connectivity index (χ4v) is 5.83. The highest BCUT2D eigenvalue weighted by Crippen LogP contribution is 2.32. The van der Waals surface area contributed by atoms with E-state index in [1.54, 1.807) is 0 Å². The topological polar surface area (TPSA) is 120 Å². The van der Waals surface area contributed by atoms with E-state index in [0.717, 1.165) is 38.0 Å². The number of fused-ring (bicyclic) bond motifs is 3. The van der Waals surface area contributed by atoms with Crippen LogP contribution in [0.1, 0.15) is 32.1 Å². The van der Waals surface area contributed by atoms with Crippen LogP contribution in [0, 0.1) is 5.92 Å². The molecule has 3 fully saturated rings. The molecule has 4 rings (SSSR count). The number of carbonyl (C=O) groups is 1. The van der Waals surface area contributed by atoms with Gasteiger partial charge in [0.25, 0.3) is 0 Å². The van der Waals surface area contributed by atoms with Gasteiger partial charge in [-0.25, -0.2) is 0 Å². The fraction of sp³-hybridized carbons (Fsp3) is 0.850. The third-order valence-electron chi connectivity index (χ3n) is 6.41. The van der Waals surface area contributed by atoms with Gasteiger partial charge in [-0.05, 0) is 37.4 Å². The summed E-state index contributed by atoms with van der Waals surface area (Å²) in [5, 5.41) is 37.5. The zero-order valence-corrected chi connectivity index (χ0v) is 17.3. The normalized spacial score (nSPS) is 46.9. The lowest BCUT2D eigenvalue weighted by Gasteiger charge is -2.43. The lowest BCUT2D eigenvalue weighted by Crippen LogP contribution is -2.63. The van der Waals surface area contributed by atoms with Gasteiger partial charge in [-0.15, -0.1) is 11.8 Å². The van der Waals surface area contributed by atoms with Crippen LogP contribution in [-0.2, 0) is 14.3 Å². The Labute approximate surface area is 175 Å². The predicted octanol–water partition coefficient (Wildman–Crippen LogP) is -0.481. The lowest BCUT2D eigenvalue weighted by atomic mass is 9.92. The molecule has 3 saturated heterocycles. The summed E-state index contributed by atoms with van der Waals surface area (Å²) in [4.78, 5) is 13.1. The molecule has 0 saturated carbocycles. The van der Waals surface area contributed by atoms with E-state index in [9.17, 15) is 20.1 Å². The largest absolute Gasteiger partial charge is 0.388 e. The molecule has 9 unspecified atom stereocenters. The van der Waals surface area contributed by atoms with E-state index in [2.05, 4.69) is 10.6 Å². The number of carbonyl (C=O) groups excluding carboxylic acids is 1. The number of hydrogen-bond acceptors (Lipinski definition) is 8. The van der Waals surface area contributed by atoms with Gasteiger partial charge in [0.2, 0.25) is 5.91 Å². The van der Waals surface area contributed by atoms with Crippen LogP contribution in [0.15, 0.2) is 12.2 Å².